The first-order chi connectivity index (χ1) is 6.15. The summed E-state index contributed by atoms with van der Waals surface area (Å²) in [5.74, 6) is -0.450. The first-order valence-electron chi connectivity index (χ1n) is 4.02. The molecule has 1 unspecified atom stereocenters. The molecule has 0 aromatic carbocycles. The fraction of sp³-hybridized carbons (Fsp3) is 0.625. The van der Waals surface area contributed by atoms with Gasteiger partial charge in [-0.1, -0.05) is 0 Å². The first kappa shape index (κ1) is 10.0. The fourth-order valence-corrected chi connectivity index (χ4v) is 1.34. The highest BCUT2D eigenvalue weighted by molar-refractivity contribution is 6.22. The van der Waals surface area contributed by atoms with Gasteiger partial charge >= 0.3 is 0 Å². The Morgan fingerprint density at radius 2 is 2.00 bits per heavy atom. The Hall–Kier alpha value is -1.08. The number of halogens is 1. The predicted octanol–water partition coefficient (Wildman–Crippen LogP) is 0.656. The van der Waals surface area contributed by atoms with Crippen molar-refractivity contribution in [3.8, 4) is 6.07 Å². The second kappa shape index (κ2) is 4.24. The molecule has 1 saturated heterocycles. The van der Waals surface area contributed by atoms with E-state index in [9.17, 15) is 9.59 Å². The lowest BCUT2D eigenvalue weighted by atomic mass is 10.1. The molecule has 5 heteroatoms. The molecule has 0 saturated carbocycles. The van der Waals surface area contributed by atoms with Gasteiger partial charge in [-0.15, -0.1) is 11.6 Å². The van der Waals surface area contributed by atoms with Crippen LogP contribution in [0.25, 0.3) is 0 Å². The number of amides is 2. The van der Waals surface area contributed by atoms with Crippen LogP contribution in [0.15, 0.2) is 0 Å². The second-order valence-electron chi connectivity index (χ2n) is 2.85. The van der Waals surface area contributed by atoms with E-state index in [2.05, 4.69) is 0 Å². The molecule has 70 valence electrons. The van der Waals surface area contributed by atoms with Crippen LogP contribution in [0.4, 0.5) is 0 Å². The van der Waals surface area contributed by atoms with Crippen molar-refractivity contribution in [3.63, 3.8) is 0 Å². The van der Waals surface area contributed by atoms with Crippen LogP contribution in [0.5, 0.6) is 0 Å². The lowest BCUT2D eigenvalue weighted by molar-refractivity contribution is -0.147. The van der Waals surface area contributed by atoms with Gasteiger partial charge in [0.2, 0.25) is 11.8 Å². The van der Waals surface area contributed by atoms with Crippen molar-refractivity contribution in [2.45, 2.75) is 24.6 Å². The Bertz CT molecular complexity index is 256. The number of piperidine rings is 1. The van der Waals surface area contributed by atoms with E-state index >= 15 is 0 Å². The van der Waals surface area contributed by atoms with Gasteiger partial charge in [-0.3, -0.25) is 14.5 Å². The van der Waals surface area contributed by atoms with Gasteiger partial charge in [0.05, 0.1) is 12.6 Å². The highest BCUT2D eigenvalue weighted by Crippen LogP contribution is 2.13. The summed E-state index contributed by atoms with van der Waals surface area (Å²) in [4.78, 5) is 23.5. The number of likely N-dealkylation sites (tertiary alicyclic amines) is 1. The minimum Gasteiger partial charge on any atom is -0.280 e. The van der Waals surface area contributed by atoms with E-state index < -0.39 is 5.38 Å². The maximum atomic E-state index is 11.2. The van der Waals surface area contributed by atoms with E-state index in [4.69, 9.17) is 16.9 Å². The fourth-order valence-electron chi connectivity index (χ4n) is 1.20. The van der Waals surface area contributed by atoms with Crippen LogP contribution in [0.2, 0.25) is 0 Å². The Morgan fingerprint density at radius 1 is 1.46 bits per heavy atom. The van der Waals surface area contributed by atoms with Gasteiger partial charge in [-0.2, -0.15) is 5.26 Å². The van der Waals surface area contributed by atoms with Crippen LogP contribution in [0.1, 0.15) is 19.3 Å². The van der Waals surface area contributed by atoms with E-state index in [0.717, 1.165) is 4.90 Å². The maximum absolute atomic E-state index is 11.2. The van der Waals surface area contributed by atoms with Gasteiger partial charge in [0, 0.05) is 12.8 Å². The Labute approximate surface area is 81.1 Å². The molecule has 0 N–H and O–H groups in total. The summed E-state index contributed by atoms with van der Waals surface area (Å²) >= 11 is 5.52. The van der Waals surface area contributed by atoms with Crippen LogP contribution in [-0.2, 0) is 9.59 Å². The number of hydrogen-bond acceptors (Lipinski definition) is 3. The number of alkyl halides is 1. The van der Waals surface area contributed by atoms with Gasteiger partial charge in [0.1, 0.15) is 5.38 Å². The highest BCUT2D eigenvalue weighted by Gasteiger charge is 2.27. The molecule has 1 fully saturated rings. The Kier molecular flexibility index (Phi) is 3.26. The normalized spacial score (nSPS) is 19.8. The summed E-state index contributed by atoms with van der Waals surface area (Å²) < 4.78 is 0. The van der Waals surface area contributed by atoms with Gasteiger partial charge in [-0.25, -0.2) is 0 Å². The molecule has 2 amide bonds. The third-order valence-electron chi connectivity index (χ3n) is 1.87. The molecular formula is C8H9ClN2O2. The van der Waals surface area contributed by atoms with Crippen LogP contribution >= 0.6 is 11.6 Å². The molecule has 0 aromatic rings. The third kappa shape index (κ3) is 2.43. The number of rotatable bonds is 2. The smallest absolute Gasteiger partial charge is 0.229 e. The van der Waals surface area contributed by atoms with Crippen LogP contribution in [0, 0.1) is 11.3 Å². The summed E-state index contributed by atoms with van der Waals surface area (Å²) in [5, 5.41) is 7.61. The molecule has 4 nitrogen and oxygen atoms in total. The Morgan fingerprint density at radius 3 is 2.46 bits per heavy atom. The average Bonchev–Trinajstić information content (AvgIpc) is 2.11. The van der Waals surface area contributed by atoms with E-state index in [-0.39, 0.29) is 18.4 Å². The molecule has 1 aliphatic heterocycles. The molecule has 13 heavy (non-hydrogen) atoms. The number of nitrogens with zero attached hydrogens (tertiary/aromatic N) is 2. The standard InChI is InChI=1S/C8H9ClN2O2/c9-6(4-10)5-11-7(12)2-1-3-8(11)13/h6H,1-3,5H2. The molecule has 1 heterocycles. The quantitative estimate of drug-likeness (QED) is 0.486. The SMILES string of the molecule is N#CC(Cl)CN1C(=O)CCCC1=O. The number of carbonyl (C=O) groups is 2. The van der Waals surface area contributed by atoms with Crippen LogP contribution < -0.4 is 0 Å². The molecule has 0 bridgehead atoms. The number of nitriles is 1. The van der Waals surface area contributed by atoms with Gasteiger partial charge in [0.15, 0.2) is 0 Å². The average molecular weight is 201 g/mol. The van der Waals surface area contributed by atoms with Crippen LogP contribution in [0.3, 0.4) is 0 Å². The number of imide groups is 1. The molecule has 1 aliphatic rings. The minimum atomic E-state index is -0.800. The lowest BCUT2D eigenvalue weighted by Gasteiger charge is -2.24. The highest BCUT2D eigenvalue weighted by atomic mass is 35.5. The second-order valence-corrected chi connectivity index (χ2v) is 3.38. The monoisotopic (exact) mass is 200 g/mol. The van der Waals surface area contributed by atoms with Gasteiger partial charge in [-0.05, 0) is 6.42 Å². The molecule has 0 radical (unpaired) electrons. The van der Waals surface area contributed by atoms with Crippen molar-refractivity contribution in [3.05, 3.63) is 0 Å². The zero-order valence-electron chi connectivity index (χ0n) is 6.99. The summed E-state index contributed by atoms with van der Waals surface area (Å²) in [6.07, 6.45) is 1.36. The number of hydrogen-bond donors (Lipinski definition) is 0. The first-order valence-corrected chi connectivity index (χ1v) is 4.45. The zero-order valence-corrected chi connectivity index (χ0v) is 7.75. The summed E-state index contributed by atoms with van der Waals surface area (Å²) in [7, 11) is 0. The van der Waals surface area contributed by atoms with Crippen molar-refractivity contribution < 1.29 is 9.59 Å². The lowest BCUT2D eigenvalue weighted by Crippen LogP contribution is -2.43. The van der Waals surface area contributed by atoms with Gasteiger partial charge in [0.25, 0.3) is 0 Å². The molecule has 1 rings (SSSR count). The molecular weight excluding hydrogens is 192 g/mol. The largest absolute Gasteiger partial charge is 0.280 e. The summed E-state index contributed by atoms with van der Waals surface area (Å²) in [5.41, 5.74) is 0. The van der Waals surface area contributed by atoms with Crippen molar-refractivity contribution in [2.75, 3.05) is 6.54 Å². The summed E-state index contributed by atoms with van der Waals surface area (Å²) in [6.45, 7) is 0.00965. The Balaban J connectivity index is 2.60. The van der Waals surface area contributed by atoms with Crippen LogP contribution in [-0.4, -0.2) is 28.6 Å². The summed E-state index contributed by atoms with van der Waals surface area (Å²) in [6, 6.07) is 1.77. The van der Waals surface area contributed by atoms with Crippen molar-refractivity contribution in [1.82, 2.24) is 4.90 Å². The molecule has 1 atom stereocenters. The maximum Gasteiger partial charge on any atom is 0.229 e. The molecule has 0 aliphatic carbocycles. The van der Waals surface area contributed by atoms with E-state index in [1.165, 1.54) is 0 Å². The number of carbonyl (C=O) groups excluding carboxylic acids is 2. The van der Waals surface area contributed by atoms with E-state index in [1.807, 2.05) is 0 Å². The zero-order chi connectivity index (χ0) is 9.84. The molecule has 0 spiro atoms. The van der Waals surface area contributed by atoms with Crippen molar-refractivity contribution in [2.24, 2.45) is 0 Å². The third-order valence-corrected chi connectivity index (χ3v) is 2.10. The van der Waals surface area contributed by atoms with E-state index in [1.54, 1.807) is 6.07 Å². The van der Waals surface area contributed by atoms with E-state index in [0.29, 0.717) is 19.3 Å². The predicted molar refractivity (Wildman–Crippen MR) is 45.8 cm³/mol. The van der Waals surface area contributed by atoms with Gasteiger partial charge < -0.3 is 0 Å². The molecule has 0 aromatic heterocycles. The minimum absolute atomic E-state index is 0.00965. The van der Waals surface area contributed by atoms with Crippen molar-refractivity contribution in [1.29, 1.82) is 5.26 Å². The topological polar surface area (TPSA) is 61.2 Å². The van der Waals surface area contributed by atoms with Crippen molar-refractivity contribution >= 4 is 23.4 Å².